The van der Waals surface area contributed by atoms with Crippen LogP contribution >= 0.6 is 0 Å². The van der Waals surface area contributed by atoms with E-state index in [1.165, 1.54) is 31.9 Å². The molecule has 0 saturated heterocycles. The van der Waals surface area contributed by atoms with Gasteiger partial charge in [-0.25, -0.2) is 0 Å². The number of nitrogens with zero attached hydrogens (tertiary/aromatic N) is 1. The van der Waals surface area contributed by atoms with Gasteiger partial charge >= 0.3 is 0 Å². The third-order valence-corrected chi connectivity index (χ3v) is 4.07. The largest absolute Gasteiger partial charge is 0.309 e. The number of aromatic nitrogens is 1. The molecule has 3 aromatic carbocycles. The van der Waals surface area contributed by atoms with Crippen molar-refractivity contribution in [3.63, 3.8) is 0 Å². The van der Waals surface area contributed by atoms with Gasteiger partial charge in [-0.15, -0.1) is 4.43 Å². The molecule has 2 radical (unpaired) electrons. The summed E-state index contributed by atoms with van der Waals surface area (Å²) in [7, 11) is 0. The first-order valence-corrected chi connectivity index (χ1v) is 7.26. The molecule has 0 unspecified atom stereocenters. The highest BCUT2D eigenvalue weighted by Gasteiger charge is 2.10. The third kappa shape index (κ3) is 1.70. The molecule has 0 aliphatic carbocycles. The topological polar surface area (TPSA) is 4.93 Å². The fraction of sp³-hybridized carbons (Fsp3) is 0. The first-order chi connectivity index (χ1) is 9.84. The Kier molecular flexibility index (Phi) is 2.67. The van der Waals surface area contributed by atoms with Gasteiger partial charge in [-0.2, -0.15) is 0 Å². The molecule has 0 aliphatic rings. The first-order valence-electron chi connectivity index (χ1n) is 6.69. The van der Waals surface area contributed by atoms with E-state index < -0.39 is 0 Å². The lowest BCUT2D eigenvalue weighted by Crippen LogP contribution is -2.04. The molecule has 4 aromatic rings. The Morgan fingerprint density at radius 3 is 1.85 bits per heavy atom. The van der Waals surface area contributed by atoms with E-state index in [9.17, 15) is 0 Å². The number of para-hydroxylation sites is 2. The Balaban J connectivity index is 2.21. The Morgan fingerprint density at radius 1 is 0.650 bits per heavy atom. The van der Waals surface area contributed by atoms with Crippen molar-refractivity contribution in [2.45, 2.75) is 0 Å². The maximum absolute atomic E-state index is 2.77. The van der Waals surface area contributed by atoms with E-state index in [4.69, 9.17) is 0 Å². The molecular formula is C18H12AlN. The van der Waals surface area contributed by atoms with Crippen molar-refractivity contribution in [1.82, 2.24) is 4.57 Å². The summed E-state index contributed by atoms with van der Waals surface area (Å²) in [4.78, 5) is 0. The van der Waals surface area contributed by atoms with Crippen LogP contribution in [-0.4, -0.2) is 20.9 Å². The van der Waals surface area contributed by atoms with Gasteiger partial charge in [0.25, 0.3) is 0 Å². The van der Waals surface area contributed by atoms with Gasteiger partial charge in [0, 0.05) is 16.5 Å². The van der Waals surface area contributed by atoms with Crippen molar-refractivity contribution in [3.05, 3.63) is 72.8 Å². The molecule has 2 heteroatoms. The second-order valence-corrected chi connectivity index (χ2v) is 5.63. The van der Waals surface area contributed by atoms with Crippen LogP contribution in [0.4, 0.5) is 0 Å². The molecule has 92 valence electrons. The normalized spacial score (nSPS) is 11.2. The quantitative estimate of drug-likeness (QED) is 0.465. The summed E-state index contributed by atoms with van der Waals surface area (Å²) in [6, 6.07) is 25.7. The standard InChI is InChI=1S/C18H12N.Al/c1-2-8-14(9-3-1)19-17-12-6-4-10-15(17)16-11-5-7-13-18(16)19;/h1-2,4-13H;. The van der Waals surface area contributed by atoms with Crippen molar-refractivity contribution in [1.29, 1.82) is 0 Å². The van der Waals surface area contributed by atoms with Gasteiger partial charge in [-0.3, -0.25) is 0 Å². The van der Waals surface area contributed by atoms with Crippen molar-refractivity contribution < 1.29 is 0 Å². The van der Waals surface area contributed by atoms with E-state index in [1.807, 2.05) is 0 Å². The van der Waals surface area contributed by atoms with Crippen LogP contribution in [0.15, 0.2) is 72.8 Å². The van der Waals surface area contributed by atoms with Gasteiger partial charge in [0.1, 0.15) is 0 Å². The van der Waals surface area contributed by atoms with Crippen molar-refractivity contribution in [3.8, 4) is 5.69 Å². The summed E-state index contributed by atoms with van der Waals surface area (Å²) < 4.78 is 3.53. The second-order valence-electron chi connectivity index (χ2n) is 4.96. The van der Waals surface area contributed by atoms with E-state index in [2.05, 4.69) is 93.7 Å². The zero-order valence-electron chi connectivity index (χ0n) is 11.0. The fourth-order valence-electron chi connectivity index (χ4n) is 2.86. The molecule has 20 heavy (non-hydrogen) atoms. The summed E-state index contributed by atoms with van der Waals surface area (Å²) in [6.45, 7) is 0. The SMILES string of the molecule is [Al][c]1cccc(-n2c3ccccc3c3ccccc32)c1. The van der Waals surface area contributed by atoms with Crippen molar-refractivity contribution in [2.75, 3.05) is 0 Å². The molecule has 1 nitrogen and oxygen atoms in total. The number of benzene rings is 3. The van der Waals surface area contributed by atoms with E-state index >= 15 is 0 Å². The van der Waals surface area contributed by atoms with E-state index in [-0.39, 0.29) is 0 Å². The first kappa shape index (κ1) is 11.8. The summed E-state index contributed by atoms with van der Waals surface area (Å²) in [5.41, 5.74) is 3.71. The molecular weight excluding hydrogens is 257 g/mol. The van der Waals surface area contributed by atoms with Crippen LogP contribution in [0.3, 0.4) is 0 Å². The van der Waals surface area contributed by atoms with Crippen molar-refractivity contribution in [2.24, 2.45) is 0 Å². The molecule has 0 spiro atoms. The average Bonchev–Trinajstić information content (AvgIpc) is 2.82. The van der Waals surface area contributed by atoms with Crippen LogP contribution in [-0.2, 0) is 0 Å². The minimum absolute atomic E-state index is 1.20. The minimum atomic E-state index is 1.20. The van der Waals surface area contributed by atoms with Crippen LogP contribution < -0.4 is 4.43 Å². The van der Waals surface area contributed by atoms with Gasteiger partial charge in [-0.1, -0.05) is 54.6 Å². The average molecular weight is 269 g/mol. The summed E-state index contributed by atoms with van der Waals surface area (Å²) >= 11 is 2.77. The van der Waals surface area contributed by atoms with Crippen LogP contribution in [0.25, 0.3) is 27.5 Å². The molecule has 0 aliphatic heterocycles. The Bertz CT molecular complexity index is 868. The van der Waals surface area contributed by atoms with E-state index in [1.54, 1.807) is 0 Å². The number of hydrogen-bond donors (Lipinski definition) is 0. The summed E-state index contributed by atoms with van der Waals surface area (Å²) in [6.07, 6.45) is 0. The zero-order valence-corrected chi connectivity index (χ0v) is 12.1. The van der Waals surface area contributed by atoms with Crippen LogP contribution in [0.5, 0.6) is 0 Å². The molecule has 0 fully saturated rings. The number of fused-ring (bicyclic) bond motifs is 3. The highest BCUT2D eigenvalue weighted by Crippen LogP contribution is 2.31. The Morgan fingerprint density at radius 2 is 1.25 bits per heavy atom. The Labute approximate surface area is 125 Å². The van der Waals surface area contributed by atoms with Crippen LogP contribution in [0.1, 0.15) is 0 Å². The molecule has 1 heterocycles. The molecule has 0 bridgehead atoms. The minimum Gasteiger partial charge on any atom is -0.309 e. The lowest BCUT2D eigenvalue weighted by molar-refractivity contribution is 1.18. The molecule has 0 saturated carbocycles. The molecule has 1 aromatic heterocycles. The predicted octanol–water partition coefficient (Wildman–Crippen LogP) is 3.58. The van der Waals surface area contributed by atoms with E-state index in [0.717, 1.165) is 0 Å². The number of rotatable bonds is 1. The lowest BCUT2D eigenvalue weighted by Gasteiger charge is -2.08. The van der Waals surface area contributed by atoms with Crippen LogP contribution in [0.2, 0.25) is 0 Å². The van der Waals surface area contributed by atoms with Gasteiger partial charge in [0.15, 0.2) is 16.3 Å². The highest BCUT2D eigenvalue weighted by molar-refractivity contribution is 6.32. The van der Waals surface area contributed by atoms with Gasteiger partial charge < -0.3 is 4.57 Å². The van der Waals surface area contributed by atoms with Crippen LogP contribution in [0, 0.1) is 0 Å². The molecule has 4 rings (SSSR count). The zero-order chi connectivity index (χ0) is 13.5. The van der Waals surface area contributed by atoms with Gasteiger partial charge in [0.2, 0.25) is 0 Å². The van der Waals surface area contributed by atoms with Gasteiger partial charge in [-0.05, 0) is 18.2 Å². The third-order valence-electron chi connectivity index (χ3n) is 3.71. The predicted molar refractivity (Wildman–Crippen MR) is 86.2 cm³/mol. The summed E-state index contributed by atoms with van der Waals surface area (Å²) in [5.74, 6) is 0. The molecule has 0 N–H and O–H groups in total. The highest BCUT2D eigenvalue weighted by atomic mass is 27.0. The second kappa shape index (κ2) is 4.52. The lowest BCUT2D eigenvalue weighted by atomic mass is 10.2. The maximum Gasteiger partial charge on any atom is 0.175 e. The molecule has 0 atom stereocenters. The monoisotopic (exact) mass is 269 g/mol. The fourth-order valence-corrected chi connectivity index (χ4v) is 3.15. The van der Waals surface area contributed by atoms with Crippen molar-refractivity contribution >= 4 is 42.5 Å². The summed E-state index contributed by atoms with van der Waals surface area (Å²) in [5, 5.41) is 2.61. The Hall–Kier alpha value is -2.01. The maximum atomic E-state index is 2.77. The van der Waals surface area contributed by atoms with E-state index in [0.29, 0.717) is 0 Å². The van der Waals surface area contributed by atoms with Gasteiger partial charge in [0.05, 0.1) is 11.0 Å². The molecule has 0 amide bonds. The number of hydrogen-bond acceptors (Lipinski definition) is 0. The smallest absolute Gasteiger partial charge is 0.175 e.